The summed E-state index contributed by atoms with van der Waals surface area (Å²) in [5.41, 5.74) is 12.0. The van der Waals surface area contributed by atoms with Gasteiger partial charge in [0.1, 0.15) is 0 Å². The lowest BCUT2D eigenvalue weighted by molar-refractivity contribution is 0.372. The first-order valence-corrected chi connectivity index (χ1v) is 4.01. The van der Waals surface area contributed by atoms with Gasteiger partial charge in [0.15, 0.2) is 11.5 Å². The summed E-state index contributed by atoms with van der Waals surface area (Å²) in [7, 11) is 1.49. The molecule has 1 atom stereocenters. The molecule has 0 aliphatic carbocycles. The van der Waals surface area contributed by atoms with Gasteiger partial charge in [0.25, 0.3) is 0 Å². The third kappa shape index (κ3) is 2.11. The van der Waals surface area contributed by atoms with Gasteiger partial charge in [-0.15, -0.1) is 0 Å². The Labute approximate surface area is 77.1 Å². The van der Waals surface area contributed by atoms with E-state index in [9.17, 15) is 5.11 Å². The Morgan fingerprint density at radius 3 is 2.77 bits per heavy atom. The fraction of sp³-hybridized carbons (Fsp3) is 0.333. The quantitative estimate of drug-likeness (QED) is 0.630. The zero-order valence-corrected chi connectivity index (χ0v) is 7.53. The van der Waals surface area contributed by atoms with Crippen LogP contribution in [0.5, 0.6) is 11.5 Å². The van der Waals surface area contributed by atoms with Gasteiger partial charge in [-0.1, -0.05) is 6.07 Å². The maximum absolute atomic E-state index is 9.29. The van der Waals surface area contributed by atoms with Crippen LogP contribution in [0.4, 0.5) is 0 Å². The first kappa shape index (κ1) is 9.83. The number of phenolic OH excluding ortho intramolecular Hbond substituents is 1. The van der Waals surface area contributed by atoms with Crippen LogP contribution in [0.2, 0.25) is 0 Å². The van der Waals surface area contributed by atoms with Gasteiger partial charge >= 0.3 is 0 Å². The second kappa shape index (κ2) is 4.11. The molecule has 0 spiro atoms. The van der Waals surface area contributed by atoms with E-state index in [4.69, 9.17) is 16.2 Å². The van der Waals surface area contributed by atoms with E-state index in [1.54, 1.807) is 18.2 Å². The van der Waals surface area contributed by atoms with Crippen LogP contribution in [0, 0.1) is 0 Å². The number of phenols is 1. The predicted molar refractivity (Wildman–Crippen MR) is 50.6 cm³/mol. The van der Waals surface area contributed by atoms with E-state index in [1.165, 1.54) is 7.11 Å². The maximum atomic E-state index is 9.29. The van der Waals surface area contributed by atoms with Crippen LogP contribution in [0.1, 0.15) is 11.6 Å². The highest BCUT2D eigenvalue weighted by molar-refractivity contribution is 5.42. The molecule has 1 rings (SSSR count). The van der Waals surface area contributed by atoms with E-state index in [0.717, 1.165) is 5.56 Å². The Bertz CT molecular complexity index is 289. The topological polar surface area (TPSA) is 81.5 Å². The van der Waals surface area contributed by atoms with E-state index >= 15 is 0 Å². The summed E-state index contributed by atoms with van der Waals surface area (Å²) in [6.07, 6.45) is 0. The monoisotopic (exact) mass is 182 g/mol. The lowest BCUT2D eigenvalue weighted by Crippen LogP contribution is -2.20. The van der Waals surface area contributed by atoms with E-state index < -0.39 is 0 Å². The van der Waals surface area contributed by atoms with Gasteiger partial charge < -0.3 is 21.3 Å². The highest BCUT2D eigenvalue weighted by Crippen LogP contribution is 2.27. The zero-order chi connectivity index (χ0) is 9.84. The van der Waals surface area contributed by atoms with Gasteiger partial charge in [0.2, 0.25) is 0 Å². The Morgan fingerprint density at radius 1 is 1.54 bits per heavy atom. The fourth-order valence-corrected chi connectivity index (χ4v) is 1.06. The summed E-state index contributed by atoms with van der Waals surface area (Å²) in [5.74, 6) is 0.525. The van der Waals surface area contributed by atoms with Crippen LogP contribution >= 0.6 is 0 Å². The number of hydrogen-bond acceptors (Lipinski definition) is 4. The highest BCUT2D eigenvalue weighted by Gasteiger charge is 2.07. The van der Waals surface area contributed by atoms with Crippen molar-refractivity contribution < 1.29 is 9.84 Å². The van der Waals surface area contributed by atoms with Crippen LogP contribution in [0.25, 0.3) is 0 Å². The van der Waals surface area contributed by atoms with Crippen molar-refractivity contribution in [1.29, 1.82) is 0 Å². The summed E-state index contributed by atoms with van der Waals surface area (Å²) in [6.45, 7) is 0.369. The smallest absolute Gasteiger partial charge is 0.160 e. The van der Waals surface area contributed by atoms with E-state index in [1.807, 2.05) is 0 Å². The molecular formula is C9H14N2O2. The lowest BCUT2D eigenvalue weighted by Gasteiger charge is -2.11. The molecule has 0 fully saturated rings. The van der Waals surface area contributed by atoms with Gasteiger partial charge in [0.05, 0.1) is 7.11 Å². The van der Waals surface area contributed by atoms with E-state index in [0.29, 0.717) is 12.3 Å². The average Bonchev–Trinajstić information content (AvgIpc) is 2.17. The van der Waals surface area contributed by atoms with Crippen LogP contribution in [0.3, 0.4) is 0 Å². The molecule has 4 heteroatoms. The van der Waals surface area contributed by atoms with Crippen molar-refractivity contribution in [3.63, 3.8) is 0 Å². The molecule has 0 aromatic heterocycles. The SMILES string of the molecule is COc1cc([C@@H](N)CN)ccc1O. The minimum Gasteiger partial charge on any atom is -0.504 e. The third-order valence-electron chi connectivity index (χ3n) is 1.89. The Morgan fingerprint density at radius 2 is 2.23 bits per heavy atom. The molecule has 1 aromatic carbocycles. The summed E-state index contributed by atoms with van der Waals surface area (Å²) in [5, 5.41) is 9.29. The summed E-state index contributed by atoms with van der Waals surface area (Å²) in [4.78, 5) is 0. The van der Waals surface area contributed by atoms with Crippen molar-refractivity contribution in [2.45, 2.75) is 6.04 Å². The molecule has 4 nitrogen and oxygen atoms in total. The van der Waals surface area contributed by atoms with E-state index in [2.05, 4.69) is 0 Å². The van der Waals surface area contributed by atoms with Crippen LogP contribution < -0.4 is 16.2 Å². The number of nitrogens with two attached hydrogens (primary N) is 2. The molecule has 0 bridgehead atoms. The summed E-state index contributed by atoms with van der Waals surface area (Å²) >= 11 is 0. The van der Waals surface area contributed by atoms with Crippen molar-refractivity contribution in [2.75, 3.05) is 13.7 Å². The molecule has 0 heterocycles. The molecule has 1 aromatic rings. The lowest BCUT2D eigenvalue weighted by atomic mass is 10.1. The number of aromatic hydroxyl groups is 1. The van der Waals surface area contributed by atoms with Gasteiger partial charge in [-0.2, -0.15) is 0 Å². The molecule has 0 amide bonds. The molecule has 0 aliphatic heterocycles. The van der Waals surface area contributed by atoms with Gasteiger partial charge in [0, 0.05) is 12.6 Å². The largest absolute Gasteiger partial charge is 0.504 e. The van der Waals surface area contributed by atoms with E-state index in [-0.39, 0.29) is 11.8 Å². The normalized spacial score (nSPS) is 12.5. The zero-order valence-electron chi connectivity index (χ0n) is 7.53. The van der Waals surface area contributed by atoms with Crippen molar-refractivity contribution >= 4 is 0 Å². The predicted octanol–water partition coefficient (Wildman–Crippen LogP) is 0.359. The van der Waals surface area contributed by atoms with Crippen LogP contribution in [-0.2, 0) is 0 Å². The first-order chi connectivity index (χ1) is 6.19. The van der Waals surface area contributed by atoms with Crippen LogP contribution in [0.15, 0.2) is 18.2 Å². The molecule has 0 saturated heterocycles. The molecule has 0 radical (unpaired) electrons. The minimum atomic E-state index is -0.213. The third-order valence-corrected chi connectivity index (χ3v) is 1.89. The van der Waals surface area contributed by atoms with Crippen molar-refractivity contribution in [3.05, 3.63) is 23.8 Å². The molecule has 13 heavy (non-hydrogen) atoms. The second-order valence-corrected chi connectivity index (χ2v) is 2.77. The second-order valence-electron chi connectivity index (χ2n) is 2.77. The molecule has 72 valence electrons. The average molecular weight is 182 g/mol. The Kier molecular flexibility index (Phi) is 3.11. The highest BCUT2D eigenvalue weighted by atomic mass is 16.5. The standard InChI is InChI=1S/C9H14N2O2/c1-13-9-4-6(7(11)5-10)2-3-8(9)12/h2-4,7,12H,5,10-11H2,1H3/t7-/m0/s1. The summed E-state index contributed by atoms with van der Waals surface area (Å²) in [6, 6.07) is 4.75. The van der Waals surface area contributed by atoms with Gasteiger partial charge in [-0.05, 0) is 17.7 Å². The number of hydrogen-bond donors (Lipinski definition) is 3. The van der Waals surface area contributed by atoms with Gasteiger partial charge in [-0.3, -0.25) is 0 Å². The number of methoxy groups -OCH3 is 1. The van der Waals surface area contributed by atoms with Crippen molar-refractivity contribution in [3.8, 4) is 11.5 Å². The number of ether oxygens (including phenoxy) is 1. The fourth-order valence-electron chi connectivity index (χ4n) is 1.06. The Balaban J connectivity index is 2.99. The minimum absolute atomic E-state index is 0.107. The molecule has 0 saturated carbocycles. The molecule has 0 aliphatic rings. The molecular weight excluding hydrogens is 168 g/mol. The van der Waals surface area contributed by atoms with Crippen LogP contribution in [-0.4, -0.2) is 18.8 Å². The van der Waals surface area contributed by atoms with Crippen molar-refractivity contribution in [2.24, 2.45) is 11.5 Å². The molecule has 0 unspecified atom stereocenters. The molecule has 5 N–H and O–H groups in total. The Hall–Kier alpha value is -1.26. The van der Waals surface area contributed by atoms with Gasteiger partial charge in [-0.25, -0.2) is 0 Å². The first-order valence-electron chi connectivity index (χ1n) is 4.01. The van der Waals surface area contributed by atoms with Crippen molar-refractivity contribution in [1.82, 2.24) is 0 Å². The maximum Gasteiger partial charge on any atom is 0.160 e. The number of rotatable bonds is 3. The number of benzene rings is 1. The summed E-state index contributed by atoms with van der Waals surface area (Å²) < 4.78 is 4.93.